The highest BCUT2D eigenvalue weighted by molar-refractivity contribution is 5.86. The molecule has 0 bridgehead atoms. The average Bonchev–Trinajstić information content (AvgIpc) is 3.15. The van der Waals surface area contributed by atoms with E-state index in [1.54, 1.807) is 0 Å². The van der Waals surface area contributed by atoms with Gasteiger partial charge >= 0.3 is 0 Å². The van der Waals surface area contributed by atoms with E-state index < -0.39 is 0 Å². The largest absolute Gasteiger partial charge is 0.355 e. The Morgan fingerprint density at radius 3 is 2.31 bits per heavy atom. The van der Waals surface area contributed by atoms with Crippen LogP contribution in [0.4, 0.5) is 0 Å². The first-order valence-electron chi connectivity index (χ1n) is 17.6. The molecule has 0 spiro atoms. The number of fused-ring (bicyclic) bond motifs is 2. The SMILES string of the molecule is CC1(N(C2=CCCC=C2)C2CC=Cc3ccccc32)C=CC(c2ccc(CC(c3ccccc3)c3cccc4ccccc34)cc2)=CC1. The molecule has 236 valence electrons. The van der Waals surface area contributed by atoms with E-state index >= 15 is 0 Å². The number of hydrogen-bond acceptors (Lipinski definition) is 1. The predicted molar refractivity (Wildman–Crippen MR) is 204 cm³/mol. The second-order valence-corrected chi connectivity index (χ2v) is 13.7. The van der Waals surface area contributed by atoms with Gasteiger partial charge in [-0.05, 0) is 94.8 Å². The van der Waals surface area contributed by atoms with E-state index in [0.717, 1.165) is 32.1 Å². The van der Waals surface area contributed by atoms with Gasteiger partial charge in [-0.15, -0.1) is 0 Å². The first kappa shape index (κ1) is 30.2. The van der Waals surface area contributed by atoms with Gasteiger partial charge in [-0.1, -0.05) is 164 Å². The van der Waals surface area contributed by atoms with Gasteiger partial charge in [0.05, 0.1) is 11.6 Å². The number of benzene rings is 5. The Kier molecular flexibility index (Phi) is 8.29. The summed E-state index contributed by atoms with van der Waals surface area (Å²) >= 11 is 0. The van der Waals surface area contributed by atoms with Crippen molar-refractivity contribution >= 4 is 22.4 Å². The van der Waals surface area contributed by atoms with Crippen LogP contribution in [0.2, 0.25) is 0 Å². The van der Waals surface area contributed by atoms with E-state index in [2.05, 4.69) is 182 Å². The van der Waals surface area contributed by atoms with Crippen molar-refractivity contribution in [1.82, 2.24) is 4.90 Å². The van der Waals surface area contributed by atoms with Crippen molar-refractivity contribution in [2.45, 2.75) is 56.5 Å². The molecular formula is C47H43N. The molecule has 3 aliphatic carbocycles. The molecule has 3 aliphatic rings. The summed E-state index contributed by atoms with van der Waals surface area (Å²) in [6.07, 6.45) is 24.2. The molecule has 0 aliphatic heterocycles. The third-order valence-corrected chi connectivity index (χ3v) is 10.6. The van der Waals surface area contributed by atoms with Crippen molar-refractivity contribution in [3.05, 3.63) is 203 Å². The second-order valence-electron chi connectivity index (χ2n) is 13.7. The van der Waals surface area contributed by atoms with Crippen LogP contribution in [-0.4, -0.2) is 10.4 Å². The quantitative estimate of drug-likeness (QED) is 0.167. The summed E-state index contributed by atoms with van der Waals surface area (Å²) in [6.45, 7) is 2.42. The lowest BCUT2D eigenvalue weighted by Crippen LogP contribution is -2.47. The van der Waals surface area contributed by atoms with Crippen molar-refractivity contribution in [1.29, 1.82) is 0 Å². The highest BCUT2D eigenvalue weighted by atomic mass is 15.2. The zero-order chi connectivity index (χ0) is 32.3. The van der Waals surface area contributed by atoms with Crippen LogP contribution in [0.1, 0.15) is 77.9 Å². The average molecular weight is 622 g/mol. The lowest BCUT2D eigenvalue weighted by Gasteiger charge is -2.49. The van der Waals surface area contributed by atoms with Gasteiger partial charge in [-0.2, -0.15) is 0 Å². The Hall–Kier alpha value is -5.14. The van der Waals surface area contributed by atoms with Crippen LogP contribution in [0.5, 0.6) is 0 Å². The summed E-state index contributed by atoms with van der Waals surface area (Å²) < 4.78 is 0. The van der Waals surface area contributed by atoms with Gasteiger partial charge in [0.1, 0.15) is 0 Å². The minimum absolute atomic E-state index is 0.124. The van der Waals surface area contributed by atoms with Gasteiger partial charge in [0.2, 0.25) is 0 Å². The molecular weight excluding hydrogens is 579 g/mol. The molecule has 48 heavy (non-hydrogen) atoms. The Morgan fingerprint density at radius 1 is 0.708 bits per heavy atom. The third-order valence-electron chi connectivity index (χ3n) is 10.6. The van der Waals surface area contributed by atoms with E-state index in [-0.39, 0.29) is 11.5 Å². The Balaban J connectivity index is 1.06. The number of hydrogen-bond donors (Lipinski definition) is 0. The molecule has 8 rings (SSSR count). The second kappa shape index (κ2) is 13.2. The van der Waals surface area contributed by atoms with Gasteiger partial charge in [0.15, 0.2) is 0 Å². The molecule has 0 fully saturated rings. The monoisotopic (exact) mass is 621 g/mol. The highest BCUT2D eigenvalue weighted by Gasteiger charge is 2.37. The van der Waals surface area contributed by atoms with Gasteiger partial charge in [-0.3, -0.25) is 0 Å². The van der Waals surface area contributed by atoms with Gasteiger partial charge in [0.25, 0.3) is 0 Å². The number of rotatable bonds is 8. The summed E-state index contributed by atoms with van der Waals surface area (Å²) in [7, 11) is 0. The third kappa shape index (κ3) is 5.90. The smallest absolute Gasteiger partial charge is 0.0600 e. The van der Waals surface area contributed by atoms with Crippen LogP contribution in [0.15, 0.2) is 170 Å². The maximum absolute atomic E-state index is 2.70. The summed E-state index contributed by atoms with van der Waals surface area (Å²) in [4.78, 5) is 2.70. The first-order valence-corrected chi connectivity index (χ1v) is 17.6. The molecule has 0 saturated heterocycles. The van der Waals surface area contributed by atoms with Crippen LogP contribution in [0.3, 0.4) is 0 Å². The minimum atomic E-state index is -0.124. The van der Waals surface area contributed by atoms with Crippen LogP contribution >= 0.6 is 0 Å². The molecule has 0 heterocycles. The molecule has 3 unspecified atom stereocenters. The Morgan fingerprint density at radius 2 is 1.50 bits per heavy atom. The Bertz CT molecular complexity index is 2070. The van der Waals surface area contributed by atoms with Crippen LogP contribution in [0.25, 0.3) is 22.4 Å². The standard InChI is InChI=1S/C47H43N/c1-47(48(41-20-6-3-7-21-41)46-25-13-19-39-17-9-11-23-43(39)46)32-30-37(31-33-47)36-28-26-35(27-29-36)34-45(40-14-4-2-5-15-40)44-24-12-18-38-16-8-10-22-42(38)44/h2,4-6,8-24,26-32,45-46H,3,7,25,33-34H2,1H3. The normalized spacial score (nSPS) is 20.6. The van der Waals surface area contributed by atoms with Crippen LogP contribution < -0.4 is 0 Å². The lowest BCUT2D eigenvalue weighted by atomic mass is 9.81. The lowest BCUT2D eigenvalue weighted by molar-refractivity contribution is 0.140. The van der Waals surface area contributed by atoms with E-state index in [1.807, 2.05) is 0 Å². The van der Waals surface area contributed by atoms with Crippen LogP contribution in [0, 0.1) is 0 Å². The zero-order valence-electron chi connectivity index (χ0n) is 27.8. The molecule has 1 heteroatoms. The van der Waals surface area contributed by atoms with Crippen molar-refractivity contribution in [2.75, 3.05) is 0 Å². The van der Waals surface area contributed by atoms with Gasteiger partial charge in [0, 0.05) is 11.6 Å². The van der Waals surface area contributed by atoms with Crippen molar-refractivity contribution in [3.63, 3.8) is 0 Å². The molecule has 3 atom stereocenters. The summed E-state index contributed by atoms with van der Waals surface area (Å²) in [6, 6.07) is 45.1. The van der Waals surface area contributed by atoms with Crippen LogP contribution in [-0.2, 0) is 6.42 Å². The van der Waals surface area contributed by atoms with E-state index in [4.69, 9.17) is 0 Å². The highest BCUT2D eigenvalue weighted by Crippen LogP contribution is 2.44. The molecule has 0 amide bonds. The minimum Gasteiger partial charge on any atom is -0.355 e. The van der Waals surface area contributed by atoms with Crippen molar-refractivity contribution in [2.24, 2.45) is 0 Å². The van der Waals surface area contributed by atoms with Gasteiger partial charge < -0.3 is 4.90 Å². The molecule has 5 aromatic rings. The predicted octanol–water partition coefficient (Wildman–Crippen LogP) is 12.0. The molecule has 0 N–H and O–H groups in total. The fourth-order valence-electron chi connectivity index (χ4n) is 8.10. The van der Waals surface area contributed by atoms with E-state index in [1.165, 1.54) is 55.4 Å². The number of allylic oxidation sites excluding steroid dienone is 5. The maximum atomic E-state index is 2.70. The van der Waals surface area contributed by atoms with Gasteiger partial charge in [-0.25, -0.2) is 0 Å². The molecule has 0 aromatic heterocycles. The van der Waals surface area contributed by atoms with Crippen molar-refractivity contribution in [3.8, 4) is 0 Å². The number of nitrogens with zero attached hydrogens (tertiary/aromatic N) is 1. The van der Waals surface area contributed by atoms with Crippen molar-refractivity contribution < 1.29 is 0 Å². The molecule has 5 aromatic carbocycles. The van der Waals surface area contributed by atoms with E-state index in [0.29, 0.717) is 6.04 Å². The Labute approximate surface area is 286 Å². The fourth-order valence-corrected chi connectivity index (χ4v) is 8.10. The topological polar surface area (TPSA) is 3.24 Å². The maximum Gasteiger partial charge on any atom is 0.0600 e. The summed E-state index contributed by atoms with van der Waals surface area (Å²) in [5, 5.41) is 2.64. The molecule has 1 nitrogen and oxygen atoms in total. The first-order chi connectivity index (χ1) is 23.7. The zero-order valence-corrected chi connectivity index (χ0v) is 27.8. The summed E-state index contributed by atoms with van der Waals surface area (Å²) in [5.74, 6) is 0.284. The molecule has 0 radical (unpaired) electrons. The fraction of sp³-hybridized carbons (Fsp3) is 0.191. The summed E-state index contributed by atoms with van der Waals surface area (Å²) in [5.41, 5.74) is 10.7. The molecule has 0 saturated carbocycles. The van der Waals surface area contributed by atoms with E-state index in [9.17, 15) is 0 Å².